The van der Waals surface area contributed by atoms with Crippen LogP contribution in [0.15, 0.2) is 35.4 Å². The predicted molar refractivity (Wildman–Crippen MR) is 118 cm³/mol. The number of likely N-dealkylation sites (tertiary alicyclic amines) is 1. The highest BCUT2D eigenvalue weighted by Crippen LogP contribution is 2.42. The van der Waals surface area contributed by atoms with E-state index >= 15 is 0 Å². The first kappa shape index (κ1) is 23.6. The molecule has 4 rings (SSSR count). The number of amides is 1. The molecule has 2 fully saturated rings. The molecule has 9 heteroatoms. The molecule has 0 radical (unpaired) electrons. The third-order valence-corrected chi connectivity index (χ3v) is 7.08. The number of hydrogen-bond acceptors (Lipinski definition) is 5. The second kappa shape index (κ2) is 8.66. The molecule has 3 heterocycles. The predicted octanol–water partition coefficient (Wildman–Crippen LogP) is 3.47. The van der Waals surface area contributed by atoms with Crippen molar-refractivity contribution in [2.75, 3.05) is 44.2 Å². The van der Waals surface area contributed by atoms with Crippen molar-refractivity contribution in [3.63, 3.8) is 0 Å². The SMILES string of the molecule is CC1=C(C(=O)N2CCN(c3cccc(C(F)(F)F)c3)CC2)C2(CCN(C(C)C)CC2)OC1=O. The minimum Gasteiger partial charge on any atom is -0.450 e. The van der Waals surface area contributed by atoms with E-state index < -0.39 is 23.3 Å². The number of carbonyl (C=O) groups is 2. The maximum atomic E-state index is 13.5. The Morgan fingerprint density at radius 2 is 1.70 bits per heavy atom. The second-order valence-electron chi connectivity index (χ2n) is 9.34. The van der Waals surface area contributed by atoms with Gasteiger partial charge in [-0.3, -0.25) is 4.79 Å². The highest BCUT2D eigenvalue weighted by Gasteiger charge is 2.52. The number of alkyl halides is 3. The highest BCUT2D eigenvalue weighted by molar-refractivity contribution is 6.07. The summed E-state index contributed by atoms with van der Waals surface area (Å²) in [4.78, 5) is 31.8. The Hall–Kier alpha value is -2.55. The van der Waals surface area contributed by atoms with Gasteiger partial charge in [0.15, 0.2) is 0 Å². The molecule has 0 aromatic heterocycles. The first-order valence-corrected chi connectivity index (χ1v) is 11.4. The molecular formula is C24H30F3N3O3. The van der Waals surface area contributed by atoms with E-state index in [4.69, 9.17) is 4.74 Å². The molecule has 0 aliphatic carbocycles. The maximum Gasteiger partial charge on any atom is 0.416 e. The van der Waals surface area contributed by atoms with Crippen LogP contribution in [0.2, 0.25) is 0 Å². The number of carbonyl (C=O) groups excluding carboxylic acids is 2. The van der Waals surface area contributed by atoms with E-state index in [1.54, 1.807) is 17.9 Å². The average Bonchev–Trinajstić information content (AvgIpc) is 3.02. The molecule has 1 amide bonds. The van der Waals surface area contributed by atoms with E-state index in [2.05, 4.69) is 18.7 Å². The van der Waals surface area contributed by atoms with Crippen LogP contribution in [-0.2, 0) is 20.5 Å². The van der Waals surface area contributed by atoms with Crippen LogP contribution in [0, 0.1) is 0 Å². The fourth-order valence-electron chi connectivity index (χ4n) is 5.06. The number of piperazine rings is 1. The molecule has 2 saturated heterocycles. The minimum absolute atomic E-state index is 0.194. The molecule has 3 aliphatic rings. The Labute approximate surface area is 192 Å². The Kier molecular flexibility index (Phi) is 6.20. The number of rotatable bonds is 3. The van der Waals surface area contributed by atoms with Crippen molar-refractivity contribution in [1.29, 1.82) is 0 Å². The van der Waals surface area contributed by atoms with Crippen molar-refractivity contribution in [2.24, 2.45) is 0 Å². The van der Waals surface area contributed by atoms with Crippen LogP contribution >= 0.6 is 0 Å². The molecule has 1 aromatic rings. The molecule has 3 aliphatic heterocycles. The minimum atomic E-state index is -4.40. The van der Waals surface area contributed by atoms with Gasteiger partial charge in [-0.1, -0.05) is 6.07 Å². The number of hydrogen-bond donors (Lipinski definition) is 0. The quantitative estimate of drug-likeness (QED) is 0.640. The number of halogens is 3. The number of nitrogens with zero attached hydrogens (tertiary/aromatic N) is 3. The van der Waals surface area contributed by atoms with Crippen LogP contribution in [0.1, 0.15) is 39.2 Å². The molecule has 33 heavy (non-hydrogen) atoms. The van der Waals surface area contributed by atoms with Gasteiger partial charge in [0.1, 0.15) is 5.60 Å². The fraction of sp³-hybridized carbons (Fsp3) is 0.583. The molecular weight excluding hydrogens is 435 g/mol. The first-order valence-electron chi connectivity index (χ1n) is 11.4. The number of piperidine rings is 1. The largest absolute Gasteiger partial charge is 0.450 e. The molecule has 0 atom stereocenters. The lowest BCUT2D eigenvalue weighted by Gasteiger charge is -2.42. The summed E-state index contributed by atoms with van der Waals surface area (Å²) in [5.74, 6) is -0.626. The molecule has 6 nitrogen and oxygen atoms in total. The third-order valence-electron chi connectivity index (χ3n) is 7.08. The normalized spacial score (nSPS) is 21.8. The summed E-state index contributed by atoms with van der Waals surface area (Å²) in [5, 5.41) is 0. The van der Waals surface area contributed by atoms with Gasteiger partial charge in [-0.2, -0.15) is 13.2 Å². The Bertz CT molecular complexity index is 957. The lowest BCUT2D eigenvalue weighted by Crippen LogP contribution is -2.54. The zero-order valence-corrected chi connectivity index (χ0v) is 19.2. The van der Waals surface area contributed by atoms with Gasteiger partial charge in [0.25, 0.3) is 5.91 Å². The standard InChI is InChI=1S/C24H30F3N3O3/c1-16(2)28-9-7-23(8-10-28)20(17(3)22(32)33-23)21(31)30-13-11-29(12-14-30)19-6-4-5-18(15-19)24(25,26)27/h4-6,15-16H,7-14H2,1-3H3. The summed E-state index contributed by atoms with van der Waals surface area (Å²) < 4.78 is 45.0. The highest BCUT2D eigenvalue weighted by atomic mass is 19.4. The van der Waals surface area contributed by atoms with Crippen LogP contribution in [0.5, 0.6) is 0 Å². The van der Waals surface area contributed by atoms with Crippen LogP contribution in [0.3, 0.4) is 0 Å². The number of esters is 1. The maximum absolute atomic E-state index is 13.5. The van der Waals surface area contributed by atoms with Crippen LogP contribution < -0.4 is 4.90 Å². The first-order chi connectivity index (χ1) is 15.5. The van der Waals surface area contributed by atoms with Gasteiger partial charge < -0.3 is 19.4 Å². The van der Waals surface area contributed by atoms with Gasteiger partial charge >= 0.3 is 12.1 Å². The average molecular weight is 466 g/mol. The molecule has 1 spiro atoms. The van der Waals surface area contributed by atoms with Crippen molar-refractivity contribution in [3.8, 4) is 0 Å². The van der Waals surface area contributed by atoms with E-state index in [0.717, 1.165) is 25.2 Å². The van der Waals surface area contributed by atoms with Crippen molar-refractivity contribution in [1.82, 2.24) is 9.80 Å². The lowest BCUT2D eigenvalue weighted by atomic mass is 9.82. The van der Waals surface area contributed by atoms with Crippen LogP contribution in [0.25, 0.3) is 0 Å². The van der Waals surface area contributed by atoms with Crippen molar-refractivity contribution < 1.29 is 27.5 Å². The monoisotopic (exact) mass is 465 g/mol. The molecule has 0 unspecified atom stereocenters. The van der Waals surface area contributed by atoms with Crippen LogP contribution in [-0.4, -0.2) is 72.6 Å². The smallest absolute Gasteiger partial charge is 0.416 e. The van der Waals surface area contributed by atoms with E-state index in [1.807, 2.05) is 4.90 Å². The van der Waals surface area contributed by atoms with Gasteiger partial charge in [-0.15, -0.1) is 0 Å². The Balaban J connectivity index is 1.46. The van der Waals surface area contributed by atoms with E-state index in [9.17, 15) is 22.8 Å². The zero-order chi connectivity index (χ0) is 24.0. The number of anilines is 1. The summed E-state index contributed by atoms with van der Waals surface area (Å²) in [6, 6.07) is 5.64. The van der Waals surface area contributed by atoms with Crippen LogP contribution in [0.4, 0.5) is 18.9 Å². The second-order valence-corrected chi connectivity index (χ2v) is 9.34. The van der Waals surface area contributed by atoms with Gasteiger partial charge in [-0.25, -0.2) is 4.79 Å². The van der Waals surface area contributed by atoms with E-state index in [0.29, 0.717) is 61.9 Å². The van der Waals surface area contributed by atoms with Gasteiger partial charge in [0, 0.05) is 69.4 Å². The summed E-state index contributed by atoms with van der Waals surface area (Å²) >= 11 is 0. The molecule has 180 valence electrons. The van der Waals surface area contributed by atoms with Crippen molar-refractivity contribution in [3.05, 3.63) is 41.0 Å². The van der Waals surface area contributed by atoms with Crippen molar-refractivity contribution >= 4 is 17.6 Å². The third kappa shape index (κ3) is 4.47. The van der Waals surface area contributed by atoms with Gasteiger partial charge in [-0.05, 0) is 39.0 Å². The topological polar surface area (TPSA) is 53.1 Å². The van der Waals surface area contributed by atoms with Crippen molar-refractivity contribution in [2.45, 2.75) is 51.4 Å². The van der Waals surface area contributed by atoms with E-state index in [-0.39, 0.29) is 5.91 Å². The zero-order valence-electron chi connectivity index (χ0n) is 19.2. The fourth-order valence-corrected chi connectivity index (χ4v) is 5.06. The number of ether oxygens (including phenoxy) is 1. The van der Waals surface area contributed by atoms with Gasteiger partial charge in [0.2, 0.25) is 0 Å². The number of benzene rings is 1. The molecule has 1 aromatic carbocycles. The van der Waals surface area contributed by atoms with E-state index in [1.165, 1.54) is 6.07 Å². The Morgan fingerprint density at radius 1 is 1.06 bits per heavy atom. The molecule has 0 N–H and O–H groups in total. The molecule has 0 bridgehead atoms. The summed E-state index contributed by atoms with van der Waals surface area (Å²) in [7, 11) is 0. The summed E-state index contributed by atoms with van der Waals surface area (Å²) in [5.41, 5.74) is -0.233. The summed E-state index contributed by atoms with van der Waals surface area (Å²) in [6.07, 6.45) is -3.23. The molecule has 0 saturated carbocycles. The Morgan fingerprint density at radius 3 is 2.27 bits per heavy atom. The summed E-state index contributed by atoms with van der Waals surface area (Å²) in [6.45, 7) is 8.97. The lowest BCUT2D eigenvalue weighted by molar-refractivity contribution is -0.151. The van der Waals surface area contributed by atoms with Gasteiger partial charge in [0.05, 0.1) is 11.1 Å².